The fourth-order valence-electron chi connectivity index (χ4n) is 4.24. The summed E-state index contributed by atoms with van der Waals surface area (Å²) in [5.74, 6) is 10.1. The van der Waals surface area contributed by atoms with Gasteiger partial charge >= 0.3 is 0 Å². The molecular formula is C35H38F2. The lowest BCUT2D eigenvalue weighted by Gasteiger charge is -2.02. The van der Waals surface area contributed by atoms with E-state index in [-0.39, 0.29) is 5.56 Å². The summed E-state index contributed by atoms with van der Waals surface area (Å²) in [5, 5.41) is 0. The maximum Gasteiger partial charge on any atom is 0.143 e. The highest BCUT2D eigenvalue weighted by atomic mass is 19.1. The van der Waals surface area contributed by atoms with Crippen molar-refractivity contribution in [2.45, 2.75) is 84.5 Å². The predicted octanol–water partition coefficient (Wildman–Crippen LogP) is 9.40. The smallest absolute Gasteiger partial charge is 0.143 e. The first-order valence-electron chi connectivity index (χ1n) is 13.8. The molecule has 0 amide bonds. The number of benzene rings is 3. The van der Waals surface area contributed by atoms with Crippen molar-refractivity contribution in [3.8, 4) is 23.7 Å². The van der Waals surface area contributed by atoms with Gasteiger partial charge in [-0.1, -0.05) is 107 Å². The molecule has 0 atom stereocenters. The number of unbranched alkanes of at least 4 members (excludes halogenated alkanes) is 7. The van der Waals surface area contributed by atoms with Crippen LogP contribution in [0.25, 0.3) is 0 Å². The molecule has 0 unspecified atom stereocenters. The van der Waals surface area contributed by atoms with Crippen LogP contribution in [0.2, 0.25) is 0 Å². The van der Waals surface area contributed by atoms with Gasteiger partial charge in [0.25, 0.3) is 0 Å². The van der Waals surface area contributed by atoms with Crippen LogP contribution in [0.3, 0.4) is 0 Å². The Morgan fingerprint density at radius 3 is 1.43 bits per heavy atom. The molecule has 2 heteroatoms. The van der Waals surface area contributed by atoms with Gasteiger partial charge in [-0.3, -0.25) is 0 Å². The van der Waals surface area contributed by atoms with E-state index >= 15 is 0 Å². The van der Waals surface area contributed by atoms with Gasteiger partial charge in [-0.25, -0.2) is 8.78 Å². The second-order valence-electron chi connectivity index (χ2n) is 9.68. The van der Waals surface area contributed by atoms with Crippen LogP contribution in [0.15, 0.2) is 60.7 Å². The number of hydrogen-bond acceptors (Lipinski definition) is 0. The topological polar surface area (TPSA) is 0 Å². The lowest BCUT2D eigenvalue weighted by Crippen LogP contribution is -1.93. The molecule has 0 aliphatic heterocycles. The summed E-state index contributed by atoms with van der Waals surface area (Å²) in [4.78, 5) is 0. The first kappa shape index (κ1) is 28.2. The first-order valence-corrected chi connectivity index (χ1v) is 13.8. The van der Waals surface area contributed by atoms with Crippen molar-refractivity contribution in [1.29, 1.82) is 0 Å². The SMILES string of the molecule is CCCCCCCCc1ccc(C#Cc2cc(F)c(C#Cc3ccc(CCCCC)cc3)c(F)c2)cc1. The third kappa shape index (κ3) is 9.90. The van der Waals surface area contributed by atoms with Crippen LogP contribution in [0.5, 0.6) is 0 Å². The minimum atomic E-state index is -0.692. The number of rotatable bonds is 11. The minimum absolute atomic E-state index is 0.225. The molecule has 0 nitrogen and oxygen atoms in total. The largest absolute Gasteiger partial charge is 0.205 e. The third-order valence-electron chi connectivity index (χ3n) is 6.52. The van der Waals surface area contributed by atoms with Crippen LogP contribution in [-0.2, 0) is 12.8 Å². The highest BCUT2D eigenvalue weighted by Crippen LogP contribution is 2.16. The number of halogens is 2. The van der Waals surface area contributed by atoms with Crippen LogP contribution >= 0.6 is 0 Å². The molecule has 192 valence electrons. The molecule has 0 heterocycles. The molecular weight excluding hydrogens is 458 g/mol. The van der Waals surface area contributed by atoms with E-state index in [9.17, 15) is 8.78 Å². The van der Waals surface area contributed by atoms with Gasteiger partial charge in [0.05, 0.1) is 5.56 Å². The van der Waals surface area contributed by atoms with E-state index in [0.29, 0.717) is 5.56 Å². The van der Waals surface area contributed by atoms with Crippen molar-refractivity contribution in [3.05, 3.63) is 106 Å². The summed E-state index contributed by atoms with van der Waals surface area (Å²) in [5.41, 5.74) is 4.19. The van der Waals surface area contributed by atoms with Crippen LogP contribution in [-0.4, -0.2) is 0 Å². The molecule has 3 aromatic rings. The summed E-state index contributed by atoms with van der Waals surface area (Å²) in [7, 11) is 0. The lowest BCUT2D eigenvalue weighted by atomic mass is 10.0. The number of aryl methyl sites for hydroxylation is 2. The average Bonchev–Trinajstić information content (AvgIpc) is 2.90. The first-order chi connectivity index (χ1) is 18.1. The molecule has 0 aliphatic carbocycles. The molecule has 0 aromatic heterocycles. The molecule has 0 N–H and O–H groups in total. The fraction of sp³-hybridized carbons (Fsp3) is 0.371. The third-order valence-corrected chi connectivity index (χ3v) is 6.52. The second-order valence-corrected chi connectivity index (χ2v) is 9.68. The molecule has 0 bridgehead atoms. The van der Waals surface area contributed by atoms with Gasteiger partial charge in [0, 0.05) is 16.7 Å². The summed E-state index contributed by atoms with van der Waals surface area (Å²) in [6.45, 7) is 4.42. The molecule has 0 fully saturated rings. The quantitative estimate of drug-likeness (QED) is 0.183. The van der Waals surface area contributed by atoms with Crippen LogP contribution in [0.4, 0.5) is 8.78 Å². The Hall–Kier alpha value is -3.36. The summed E-state index contributed by atoms with van der Waals surface area (Å²) in [6.07, 6.45) is 13.4. The Labute approximate surface area is 222 Å². The maximum atomic E-state index is 14.6. The van der Waals surface area contributed by atoms with Crippen molar-refractivity contribution < 1.29 is 8.78 Å². The predicted molar refractivity (Wildman–Crippen MR) is 152 cm³/mol. The Bertz CT molecular complexity index is 1210. The average molecular weight is 497 g/mol. The maximum absolute atomic E-state index is 14.6. The Morgan fingerprint density at radius 1 is 0.486 bits per heavy atom. The molecule has 0 saturated carbocycles. The van der Waals surface area contributed by atoms with Gasteiger partial charge in [0.15, 0.2) is 0 Å². The minimum Gasteiger partial charge on any atom is -0.205 e. The Balaban J connectivity index is 1.58. The normalized spacial score (nSPS) is 10.4. The van der Waals surface area contributed by atoms with E-state index < -0.39 is 11.6 Å². The zero-order valence-corrected chi connectivity index (χ0v) is 22.3. The molecule has 3 aromatic carbocycles. The van der Waals surface area contributed by atoms with Crippen LogP contribution < -0.4 is 0 Å². The van der Waals surface area contributed by atoms with Gasteiger partial charge in [-0.2, -0.15) is 0 Å². The summed E-state index contributed by atoms with van der Waals surface area (Å²) >= 11 is 0. The van der Waals surface area contributed by atoms with E-state index in [0.717, 1.165) is 30.4 Å². The summed E-state index contributed by atoms with van der Waals surface area (Å²) in [6, 6.07) is 18.5. The fourth-order valence-corrected chi connectivity index (χ4v) is 4.24. The van der Waals surface area contributed by atoms with Gasteiger partial charge in [0.2, 0.25) is 0 Å². The highest BCUT2D eigenvalue weighted by molar-refractivity contribution is 5.49. The molecule has 0 aliphatic rings. The van der Waals surface area contributed by atoms with Crippen LogP contribution in [0, 0.1) is 35.3 Å². The van der Waals surface area contributed by atoms with Crippen molar-refractivity contribution in [1.82, 2.24) is 0 Å². The van der Waals surface area contributed by atoms with Crippen molar-refractivity contribution in [2.75, 3.05) is 0 Å². The van der Waals surface area contributed by atoms with E-state index in [1.165, 1.54) is 74.6 Å². The monoisotopic (exact) mass is 496 g/mol. The van der Waals surface area contributed by atoms with Gasteiger partial charge in [-0.05, 0) is 73.2 Å². The van der Waals surface area contributed by atoms with E-state index in [1.807, 2.05) is 36.4 Å². The molecule has 0 spiro atoms. The zero-order valence-electron chi connectivity index (χ0n) is 22.3. The Kier molecular flexibility index (Phi) is 12.0. The molecule has 0 radical (unpaired) electrons. The van der Waals surface area contributed by atoms with E-state index in [1.54, 1.807) is 0 Å². The van der Waals surface area contributed by atoms with E-state index in [2.05, 4.69) is 49.7 Å². The highest BCUT2D eigenvalue weighted by Gasteiger charge is 2.08. The summed E-state index contributed by atoms with van der Waals surface area (Å²) < 4.78 is 29.3. The molecule has 37 heavy (non-hydrogen) atoms. The van der Waals surface area contributed by atoms with Gasteiger partial charge in [0.1, 0.15) is 11.6 Å². The second kappa shape index (κ2) is 15.7. The standard InChI is InChI=1S/C35H38F2/c1-3-5-7-8-9-11-13-29-14-18-30(19-15-29)22-23-32-26-34(36)33(35(37)27-32)25-24-31-20-16-28(17-21-31)12-10-6-4-2/h14-21,26-27H,3-13H2,1-2H3. The van der Waals surface area contributed by atoms with Crippen molar-refractivity contribution >= 4 is 0 Å². The zero-order chi connectivity index (χ0) is 26.3. The van der Waals surface area contributed by atoms with Crippen LogP contribution in [0.1, 0.15) is 105 Å². The Morgan fingerprint density at radius 2 is 0.892 bits per heavy atom. The van der Waals surface area contributed by atoms with E-state index in [4.69, 9.17) is 0 Å². The number of hydrogen-bond donors (Lipinski definition) is 0. The van der Waals surface area contributed by atoms with Gasteiger partial charge < -0.3 is 0 Å². The molecule has 3 rings (SSSR count). The molecule has 0 saturated heterocycles. The van der Waals surface area contributed by atoms with Crippen molar-refractivity contribution in [3.63, 3.8) is 0 Å². The van der Waals surface area contributed by atoms with Crippen molar-refractivity contribution in [2.24, 2.45) is 0 Å². The van der Waals surface area contributed by atoms with Gasteiger partial charge in [-0.15, -0.1) is 0 Å². The lowest BCUT2D eigenvalue weighted by molar-refractivity contribution is 0.577.